The number of aromatic hydroxyl groups is 1. The Labute approximate surface area is 276 Å². The molecule has 49 heavy (non-hydrogen) atoms. The second kappa shape index (κ2) is 12.1. The average Bonchev–Trinajstić information content (AvgIpc) is 2.97. The molecular weight excluding hydrogens is 733 g/mol. The molecule has 0 bridgehead atoms. The molecule has 0 aromatic heterocycles. The summed E-state index contributed by atoms with van der Waals surface area (Å²) in [7, 11) is -20.6. The highest BCUT2D eigenvalue weighted by Crippen LogP contribution is 2.49. The molecule has 0 atom stereocenters. The van der Waals surface area contributed by atoms with E-state index in [1.54, 1.807) is 6.07 Å². The number of hydrogen-bond acceptors (Lipinski definition) is 15. The van der Waals surface area contributed by atoms with Gasteiger partial charge in [0.05, 0.1) is 16.8 Å². The lowest BCUT2D eigenvalue weighted by atomic mass is 10.1. The molecule has 0 amide bonds. The van der Waals surface area contributed by atoms with E-state index in [0.29, 0.717) is 17.5 Å². The molecule has 0 heterocycles. The molecule has 0 aliphatic rings. The van der Waals surface area contributed by atoms with E-state index in [2.05, 4.69) is 20.5 Å². The van der Waals surface area contributed by atoms with E-state index in [4.69, 9.17) is 11.5 Å². The van der Waals surface area contributed by atoms with Crippen LogP contribution in [0.5, 0.6) is 5.75 Å². The van der Waals surface area contributed by atoms with Crippen LogP contribution < -0.4 is 11.5 Å². The Balaban J connectivity index is 1.83. The van der Waals surface area contributed by atoms with Crippen LogP contribution in [0, 0.1) is 0 Å². The van der Waals surface area contributed by atoms with Gasteiger partial charge in [0.1, 0.15) is 42.3 Å². The Morgan fingerprint density at radius 2 is 1.06 bits per heavy atom. The first-order chi connectivity index (χ1) is 22.6. The molecule has 0 saturated carbocycles. The number of hydrogen-bond donors (Lipinski definition) is 7. The first kappa shape index (κ1) is 35.2. The number of benzene rings is 5. The number of nitrogen functional groups attached to an aromatic ring is 2. The van der Waals surface area contributed by atoms with E-state index in [-0.39, 0.29) is 5.39 Å². The van der Waals surface area contributed by atoms with Gasteiger partial charge in [0, 0.05) is 5.39 Å². The first-order valence-corrected chi connectivity index (χ1v) is 18.6. The van der Waals surface area contributed by atoms with Crippen molar-refractivity contribution in [3.05, 3.63) is 66.7 Å². The van der Waals surface area contributed by atoms with E-state index < -0.39 is 111 Å². The van der Waals surface area contributed by atoms with Crippen LogP contribution in [-0.4, -0.2) is 57.0 Å². The normalized spacial score (nSPS) is 13.2. The number of nitrogens with zero attached hydrogens (tertiary/aromatic N) is 4. The fourth-order valence-corrected chi connectivity index (χ4v) is 7.70. The smallest absolute Gasteiger partial charge is 0.298 e. The van der Waals surface area contributed by atoms with Gasteiger partial charge in [0.25, 0.3) is 40.5 Å². The minimum Gasteiger partial charge on any atom is -0.505 e. The SMILES string of the molecule is Nc1cccc(N=Nc2c(S(=O)(=O)O)cc3cc(S(=O)(=O)O)c(N=Nc4ccc5ccccc5c4S(=O)(=O)O)c(O)c3c2N)c1S(=O)(=O)O. The van der Waals surface area contributed by atoms with Gasteiger partial charge in [-0.15, -0.1) is 20.5 Å². The highest BCUT2D eigenvalue weighted by Gasteiger charge is 2.29. The van der Waals surface area contributed by atoms with E-state index >= 15 is 0 Å². The third kappa shape index (κ3) is 6.76. The fraction of sp³-hybridized carbons (Fsp3) is 0. The highest BCUT2D eigenvalue weighted by molar-refractivity contribution is 7.87. The van der Waals surface area contributed by atoms with Crippen molar-refractivity contribution in [2.75, 3.05) is 11.5 Å². The average molecular weight is 753 g/mol. The maximum atomic E-state index is 12.4. The highest BCUT2D eigenvalue weighted by atomic mass is 32.2. The van der Waals surface area contributed by atoms with Gasteiger partial charge in [-0.1, -0.05) is 36.4 Å². The number of azo groups is 2. The molecule has 0 aliphatic carbocycles. The second-order valence-electron chi connectivity index (χ2n) is 9.94. The third-order valence-corrected chi connectivity index (χ3v) is 10.4. The van der Waals surface area contributed by atoms with Crippen molar-refractivity contribution in [2.24, 2.45) is 20.5 Å². The quantitative estimate of drug-likeness (QED) is 0.0642. The van der Waals surface area contributed by atoms with Crippen molar-refractivity contribution in [1.82, 2.24) is 0 Å². The lowest BCUT2D eigenvalue weighted by molar-refractivity contribution is 0.472. The summed E-state index contributed by atoms with van der Waals surface area (Å²) >= 11 is 0. The maximum absolute atomic E-state index is 12.4. The topological polar surface area (TPSA) is 339 Å². The molecule has 0 aliphatic heterocycles. The van der Waals surface area contributed by atoms with Gasteiger partial charge in [0.15, 0.2) is 5.75 Å². The predicted molar refractivity (Wildman–Crippen MR) is 172 cm³/mol. The molecule has 256 valence electrons. The molecule has 5 aromatic carbocycles. The molecule has 0 saturated heterocycles. The van der Waals surface area contributed by atoms with Crippen molar-refractivity contribution in [3.8, 4) is 5.75 Å². The van der Waals surface area contributed by atoms with Crippen molar-refractivity contribution in [1.29, 1.82) is 0 Å². The standard InChI is InChI=1S/C26H20N6O13S4/c27-15-6-3-7-16(26(15)49(43,44)45)29-31-22-18(46(34,35)36)10-13-11-19(47(37,38)39)23(24(33)20(13)21(22)28)32-30-17-9-8-12-4-1-2-5-14(12)25(17)48(40,41)42/h1-11,33H,27-28H2,(H,34,35,36)(H,37,38,39)(H,40,41,42)(H,43,44,45). The van der Waals surface area contributed by atoms with Gasteiger partial charge in [-0.05, 0) is 41.1 Å². The van der Waals surface area contributed by atoms with E-state index in [1.807, 2.05) is 0 Å². The summed E-state index contributed by atoms with van der Waals surface area (Å²) in [6.45, 7) is 0. The van der Waals surface area contributed by atoms with Crippen LogP contribution in [0.25, 0.3) is 21.5 Å². The number of phenols is 1. The molecule has 23 heteroatoms. The Morgan fingerprint density at radius 1 is 0.531 bits per heavy atom. The number of phenolic OH excluding ortho intramolecular Hbond substituents is 1. The lowest BCUT2D eigenvalue weighted by Gasteiger charge is -2.14. The van der Waals surface area contributed by atoms with Crippen molar-refractivity contribution in [2.45, 2.75) is 19.6 Å². The molecular formula is C26H20N6O13S4. The molecule has 0 radical (unpaired) electrons. The Bertz CT molecular complexity index is 2750. The van der Waals surface area contributed by atoms with Crippen molar-refractivity contribution in [3.63, 3.8) is 0 Å². The number of nitrogens with two attached hydrogens (primary N) is 2. The predicted octanol–water partition coefficient (Wildman–Crippen LogP) is 4.68. The number of fused-ring (bicyclic) bond motifs is 2. The molecule has 0 unspecified atom stereocenters. The van der Waals surface area contributed by atoms with Crippen molar-refractivity contribution >= 4 is 96.1 Å². The first-order valence-electron chi connectivity index (χ1n) is 12.9. The summed E-state index contributed by atoms with van der Waals surface area (Å²) in [5, 5.41) is 25.0. The van der Waals surface area contributed by atoms with Gasteiger partial charge in [-0.25, -0.2) is 0 Å². The van der Waals surface area contributed by atoms with Crippen LogP contribution in [0.1, 0.15) is 0 Å². The molecule has 19 nitrogen and oxygen atoms in total. The summed E-state index contributed by atoms with van der Waals surface area (Å²) in [5.41, 5.74) is 7.32. The van der Waals surface area contributed by atoms with Crippen LogP contribution >= 0.6 is 0 Å². The second-order valence-corrected chi connectivity index (χ2v) is 15.4. The van der Waals surface area contributed by atoms with Crippen LogP contribution in [-0.2, 0) is 40.5 Å². The zero-order chi connectivity index (χ0) is 36.3. The van der Waals surface area contributed by atoms with Crippen LogP contribution in [0.4, 0.5) is 34.1 Å². The fourth-order valence-electron chi connectivity index (χ4n) is 4.80. The van der Waals surface area contributed by atoms with E-state index in [0.717, 1.165) is 18.2 Å². The third-order valence-electron chi connectivity index (χ3n) is 6.78. The lowest BCUT2D eigenvalue weighted by Crippen LogP contribution is -2.04. The Morgan fingerprint density at radius 3 is 1.63 bits per heavy atom. The molecule has 5 aromatic rings. The summed E-state index contributed by atoms with van der Waals surface area (Å²) in [4.78, 5) is -3.99. The number of rotatable bonds is 8. The Hall–Kier alpha value is -5.14. The molecule has 0 fully saturated rings. The van der Waals surface area contributed by atoms with E-state index in [1.165, 1.54) is 30.3 Å². The molecule has 5 rings (SSSR count). The van der Waals surface area contributed by atoms with Gasteiger partial charge in [-0.2, -0.15) is 33.7 Å². The van der Waals surface area contributed by atoms with Gasteiger partial charge in [0.2, 0.25) is 0 Å². The van der Waals surface area contributed by atoms with Crippen LogP contribution in [0.2, 0.25) is 0 Å². The molecule has 9 N–H and O–H groups in total. The summed E-state index contributed by atoms with van der Waals surface area (Å²) < 4.78 is 137. The maximum Gasteiger partial charge on any atom is 0.298 e. The van der Waals surface area contributed by atoms with Crippen molar-refractivity contribution < 1.29 is 57.0 Å². The minimum absolute atomic E-state index is 0.00601. The summed E-state index contributed by atoms with van der Waals surface area (Å²) in [6.07, 6.45) is 0. The van der Waals surface area contributed by atoms with Gasteiger partial charge >= 0.3 is 0 Å². The van der Waals surface area contributed by atoms with E-state index in [9.17, 15) is 57.0 Å². The Kier molecular flexibility index (Phi) is 8.67. The zero-order valence-electron chi connectivity index (χ0n) is 23.9. The monoisotopic (exact) mass is 752 g/mol. The molecule has 0 spiro atoms. The summed E-state index contributed by atoms with van der Waals surface area (Å²) in [6, 6.07) is 12.8. The van der Waals surface area contributed by atoms with Gasteiger partial charge in [-0.3, -0.25) is 18.2 Å². The van der Waals surface area contributed by atoms with Crippen LogP contribution in [0.15, 0.2) is 107 Å². The van der Waals surface area contributed by atoms with Gasteiger partial charge < -0.3 is 16.6 Å². The zero-order valence-corrected chi connectivity index (χ0v) is 27.2. The minimum atomic E-state index is -5.33. The summed E-state index contributed by atoms with van der Waals surface area (Å²) in [5.74, 6) is -1.19. The number of anilines is 2. The van der Waals surface area contributed by atoms with Crippen LogP contribution in [0.3, 0.4) is 0 Å². The largest absolute Gasteiger partial charge is 0.505 e.